The van der Waals surface area contributed by atoms with Crippen molar-refractivity contribution in [3.05, 3.63) is 59.2 Å². The summed E-state index contributed by atoms with van der Waals surface area (Å²) in [5.74, 6) is 0.955. The molecule has 25 heavy (non-hydrogen) atoms. The maximum atomic E-state index is 11.9. The molecule has 0 saturated carbocycles. The molecule has 0 bridgehead atoms. The van der Waals surface area contributed by atoms with Gasteiger partial charge in [-0.05, 0) is 47.4 Å². The van der Waals surface area contributed by atoms with Gasteiger partial charge < -0.3 is 10.1 Å². The lowest BCUT2D eigenvalue weighted by atomic mass is 10.1. The smallest absolute Gasteiger partial charge is 0.226 e. The second kappa shape index (κ2) is 7.70. The molecule has 0 atom stereocenters. The molecule has 4 nitrogen and oxygen atoms in total. The second-order valence-electron chi connectivity index (χ2n) is 6.94. The normalized spacial score (nSPS) is 13.8. The van der Waals surface area contributed by atoms with E-state index in [1.807, 2.05) is 32.0 Å². The summed E-state index contributed by atoms with van der Waals surface area (Å²) >= 11 is 0. The maximum Gasteiger partial charge on any atom is 0.226 e. The molecular formula is C21H26N2O2. The first-order chi connectivity index (χ1) is 12.0. The Morgan fingerprint density at radius 1 is 1.12 bits per heavy atom. The SMILES string of the molecule is COc1ccc(CCN2Cc3ccc(NC(=O)C(C)C)cc3C2)cc1. The average molecular weight is 338 g/mol. The van der Waals surface area contributed by atoms with Gasteiger partial charge in [-0.2, -0.15) is 0 Å². The Balaban J connectivity index is 1.56. The maximum absolute atomic E-state index is 11.9. The number of anilines is 1. The van der Waals surface area contributed by atoms with E-state index in [9.17, 15) is 4.79 Å². The van der Waals surface area contributed by atoms with Crippen LogP contribution in [0.25, 0.3) is 0 Å². The van der Waals surface area contributed by atoms with E-state index in [4.69, 9.17) is 4.74 Å². The van der Waals surface area contributed by atoms with E-state index in [0.717, 1.165) is 37.5 Å². The summed E-state index contributed by atoms with van der Waals surface area (Å²) in [7, 11) is 1.69. The third-order valence-corrected chi connectivity index (χ3v) is 4.66. The van der Waals surface area contributed by atoms with Gasteiger partial charge in [0.2, 0.25) is 5.91 Å². The quantitative estimate of drug-likeness (QED) is 0.870. The number of hydrogen-bond donors (Lipinski definition) is 1. The van der Waals surface area contributed by atoms with Crippen LogP contribution in [0, 0.1) is 5.92 Å². The molecule has 0 fully saturated rings. The van der Waals surface area contributed by atoms with E-state index in [1.165, 1.54) is 16.7 Å². The summed E-state index contributed by atoms with van der Waals surface area (Å²) < 4.78 is 5.20. The minimum atomic E-state index is -0.00532. The zero-order chi connectivity index (χ0) is 17.8. The highest BCUT2D eigenvalue weighted by Gasteiger charge is 2.19. The molecule has 0 radical (unpaired) electrons. The van der Waals surface area contributed by atoms with Gasteiger partial charge in [0.1, 0.15) is 5.75 Å². The van der Waals surface area contributed by atoms with E-state index in [2.05, 4.69) is 34.5 Å². The third-order valence-electron chi connectivity index (χ3n) is 4.66. The first-order valence-electron chi connectivity index (χ1n) is 8.83. The monoisotopic (exact) mass is 338 g/mol. The van der Waals surface area contributed by atoms with Crippen LogP contribution in [0.1, 0.15) is 30.5 Å². The lowest BCUT2D eigenvalue weighted by Crippen LogP contribution is -2.19. The molecule has 0 aromatic heterocycles. The number of hydrogen-bond acceptors (Lipinski definition) is 3. The van der Waals surface area contributed by atoms with Gasteiger partial charge in [0.05, 0.1) is 7.11 Å². The molecule has 2 aromatic carbocycles. The lowest BCUT2D eigenvalue weighted by Gasteiger charge is -2.14. The van der Waals surface area contributed by atoms with Gasteiger partial charge >= 0.3 is 0 Å². The van der Waals surface area contributed by atoms with Crippen LogP contribution in [0.2, 0.25) is 0 Å². The number of methoxy groups -OCH3 is 1. The fraction of sp³-hybridized carbons (Fsp3) is 0.381. The zero-order valence-corrected chi connectivity index (χ0v) is 15.2. The number of carbonyl (C=O) groups excluding carboxylic acids is 1. The topological polar surface area (TPSA) is 41.6 Å². The Labute approximate surface area is 149 Å². The molecule has 1 amide bonds. The summed E-state index contributed by atoms with van der Waals surface area (Å²) in [6.07, 6.45) is 1.02. The molecule has 2 aromatic rings. The number of nitrogens with zero attached hydrogens (tertiary/aromatic N) is 1. The lowest BCUT2D eigenvalue weighted by molar-refractivity contribution is -0.118. The zero-order valence-electron chi connectivity index (χ0n) is 15.2. The predicted molar refractivity (Wildman–Crippen MR) is 101 cm³/mol. The van der Waals surface area contributed by atoms with Crippen molar-refractivity contribution in [3.8, 4) is 5.75 Å². The van der Waals surface area contributed by atoms with E-state index in [-0.39, 0.29) is 11.8 Å². The van der Waals surface area contributed by atoms with Gasteiger partial charge in [-0.3, -0.25) is 9.69 Å². The number of fused-ring (bicyclic) bond motifs is 1. The Hall–Kier alpha value is -2.33. The van der Waals surface area contributed by atoms with E-state index in [1.54, 1.807) is 7.11 Å². The van der Waals surface area contributed by atoms with Gasteiger partial charge in [0.15, 0.2) is 0 Å². The third kappa shape index (κ3) is 4.40. The van der Waals surface area contributed by atoms with E-state index >= 15 is 0 Å². The highest BCUT2D eigenvalue weighted by atomic mass is 16.5. The number of amides is 1. The van der Waals surface area contributed by atoms with Crippen molar-refractivity contribution in [2.45, 2.75) is 33.4 Å². The Morgan fingerprint density at radius 3 is 2.52 bits per heavy atom. The van der Waals surface area contributed by atoms with Crippen molar-refractivity contribution in [2.24, 2.45) is 5.92 Å². The fourth-order valence-corrected chi connectivity index (χ4v) is 3.07. The van der Waals surface area contributed by atoms with Gasteiger partial charge in [-0.15, -0.1) is 0 Å². The Kier molecular flexibility index (Phi) is 5.39. The second-order valence-corrected chi connectivity index (χ2v) is 6.94. The van der Waals surface area contributed by atoms with Crippen molar-refractivity contribution in [1.29, 1.82) is 0 Å². The molecule has 132 valence electrons. The number of nitrogens with one attached hydrogen (secondary N) is 1. The number of benzene rings is 2. The summed E-state index contributed by atoms with van der Waals surface area (Å²) in [5.41, 5.74) is 4.89. The molecule has 1 aliphatic heterocycles. The number of rotatable bonds is 6. The van der Waals surface area contributed by atoms with Gasteiger partial charge in [-0.25, -0.2) is 0 Å². The standard InChI is InChI=1S/C21H26N2O2/c1-15(2)21(24)22-19-7-6-17-13-23(14-18(17)12-19)11-10-16-4-8-20(25-3)9-5-16/h4-9,12,15H,10-11,13-14H2,1-3H3,(H,22,24). The van der Waals surface area contributed by atoms with Crippen molar-refractivity contribution in [3.63, 3.8) is 0 Å². The molecule has 0 spiro atoms. The van der Waals surface area contributed by atoms with Crippen molar-refractivity contribution < 1.29 is 9.53 Å². The van der Waals surface area contributed by atoms with E-state index in [0.29, 0.717) is 0 Å². The molecule has 1 N–H and O–H groups in total. The highest BCUT2D eigenvalue weighted by molar-refractivity contribution is 5.92. The van der Waals surface area contributed by atoms with Crippen molar-refractivity contribution in [2.75, 3.05) is 19.0 Å². The minimum Gasteiger partial charge on any atom is -0.497 e. The number of ether oxygens (including phenoxy) is 1. The first-order valence-corrected chi connectivity index (χ1v) is 8.83. The summed E-state index contributed by atoms with van der Waals surface area (Å²) in [6, 6.07) is 14.5. The summed E-state index contributed by atoms with van der Waals surface area (Å²) in [5, 5.41) is 2.99. The van der Waals surface area contributed by atoms with Gasteiger partial charge in [0, 0.05) is 31.2 Å². The molecule has 0 saturated heterocycles. The van der Waals surface area contributed by atoms with Crippen LogP contribution in [0.3, 0.4) is 0 Å². The number of carbonyl (C=O) groups is 1. The van der Waals surface area contributed by atoms with Crippen LogP contribution in [0.5, 0.6) is 5.75 Å². The molecule has 0 unspecified atom stereocenters. The van der Waals surface area contributed by atoms with Crippen molar-refractivity contribution in [1.82, 2.24) is 4.90 Å². The molecule has 0 aliphatic carbocycles. The molecule has 3 rings (SSSR count). The minimum absolute atomic E-state index is 0.00532. The van der Waals surface area contributed by atoms with Crippen LogP contribution in [0.15, 0.2) is 42.5 Å². The van der Waals surface area contributed by atoms with Crippen LogP contribution >= 0.6 is 0 Å². The first kappa shape index (κ1) is 17.5. The fourth-order valence-electron chi connectivity index (χ4n) is 3.07. The molecule has 1 aliphatic rings. The summed E-state index contributed by atoms with van der Waals surface area (Å²) in [4.78, 5) is 14.3. The molecular weight excluding hydrogens is 312 g/mol. The predicted octanol–water partition coefficient (Wildman–Crippen LogP) is 3.85. The van der Waals surface area contributed by atoms with Crippen LogP contribution < -0.4 is 10.1 Å². The van der Waals surface area contributed by atoms with Gasteiger partial charge in [0.25, 0.3) is 0 Å². The van der Waals surface area contributed by atoms with E-state index < -0.39 is 0 Å². The van der Waals surface area contributed by atoms with Crippen LogP contribution in [0.4, 0.5) is 5.69 Å². The van der Waals surface area contributed by atoms with Crippen LogP contribution in [-0.2, 0) is 24.3 Å². The highest BCUT2D eigenvalue weighted by Crippen LogP contribution is 2.26. The summed E-state index contributed by atoms with van der Waals surface area (Å²) in [6.45, 7) is 6.75. The van der Waals surface area contributed by atoms with Crippen LogP contribution in [-0.4, -0.2) is 24.5 Å². The average Bonchev–Trinajstić information content (AvgIpc) is 3.02. The Bertz CT molecular complexity index is 738. The van der Waals surface area contributed by atoms with Gasteiger partial charge in [-0.1, -0.05) is 32.0 Å². The molecule has 1 heterocycles. The largest absolute Gasteiger partial charge is 0.497 e. The Morgan fingerprint density at radius 2 is 1.84 bits per heavy atom. The molecule has 4 heteroatoms. The van der Waals surface area contributed by atoms with Crippen molar-refractivity contribution >= 4 is 11.6 Å².